The minimum Gasteiger partial charge on any atom is -0.462 e. The summed E-state index contributed by atoms with van der Waals surface area (Å²) in [6.45, 7) is 6.34. The Kier molecular flexibility index (Phi) is 54.0. The number of hydrogen-bond acceptors (Lipinski definition) is 6. The zero-order valence-electron chi connectivity index (χ0n) is 45.2. The van der Waals surface area contributed by atoms with Gasteiger partial charge in [0, 0.05) is 19.3 Å². The fourth-order valence-electron chi connectivity index (χ4n) is 7.55. The van der Waals surface area contributed by atoms with Crippen molar-refractivity contribution in [3.63, 3.8) is 0 Å². The molecule has 0 aromatic carbocycles. The van der Waals surface area contributed by atoms with E-state index >= 15 is 0 Å². The molecule has 0 rings (SSSR count). The lowest BCUT2D eigenvalue weighted by atomic mass is 10.1. The van der Waals surface area contributed by atoms with Crippen molar-refractivity contribution in [2.24, 2.45) is 0 Å². The summed E-state index contributed by atoms with van der Waals surface area (Å²) in [4.78, 5) is 38.2. The Morgan fingerprint density at radius 2 is 0.629 bits per heavy atom. The van der Waals surface area contributed by atoms with Gasteiger partial charge in [0.25, 0.3) is 0 Å². The molecule has 0 aliphatic heterocycles. The van der Waals surface area contributed by atoms with Crippen molar-refractivity contribution in [3.8, 4) is 0 Å². The molecule has 0 saturated heterocycles. The largest absolute Gasteiger partial charge is 0.462 e. The average molecular weight is 970 g/mol. The van der Waals surface area contributed by atoms with Crippen LogP contribution in [0.15, 0.2) is 122 Å². The first-order valence-corrected chi connectivity index (χ1v) is 28.6. The number of carbonyl (C=O) groups is 3. The molecule has 6 nitrogen and oxygen atoms in total. The lowest BCUT2D eigenvalue weighted by Gasteiger charge is -2.18. The van der Waals surface area contributed by atoms with Crippen molar-refractivity contribution in [2.75, 3.05) is 13.2 Å². The Balaban J connectivity index is 4.49. The van der Waals surface area contributed by atoms with Crippen LogP contribution in [0, 0.1) is 0 Å². The topological polar surface area (TPSA) is 78.9 Å². The summed E-state index contributed by atoms with van der Waals surface area (Å²) in [5.41, 5.74) is 0. The Labute approximate surface area is 431 Å². The Morgan fingerprint density at radius 1 is 0.314 bits per heavy atom. The Morgan fingerprint density at radius 3 is 1.06 bits per heavy atom. The number of hydrogen-bond donors (Lipinski definition) is 0. The quantitative estimate of drug-likeness (QED) is 0.0199. The lowest BCUT2D eigenvalue weighted by molar-refractivity contribution is -0.167. The molecule has 0 aliphatic carbocycles. The highest BCUT2D eigenvalue weighted by atomic mass is 16.6. The normalized spacial score (nSPS) is 13.0. The fourth-order valence-corrected chi connectivity index (χ4v) is 7.55. The summed E-state index contributed by atoms with van der Waals surface area (Å²) in [6.07, 6.45) is 78.9. The molecule has 0 heterocycles. The van der Waals surface area contributed by atoms with Crippen LogP contribution < -0.4 is 0 Å². The molecule has 0 radical (unpaired) electrons. The van der Waals surface area contributed by atoms with Gasteiger partial charge in [0.05, 0.1) is 0 Å². The SMILES string of the molecule is CC\C=C/C=C\C=C/C=C\CCCCCCCC(=O)OCC(COC(=O)CCCCCCCC/C=C\C/C=C\C/C=C\C/C=C\CC)OC(=O)CCCCCCC/C=C\C=C/CCCCCCCCC. The molecular weight excluding hydrogens is 865 g/mol. The van der Waals surface area contributed by atoms with E-state index in [0.29, 0.717) is 19.3 Å². The lowest BCUT2D eigenvalue weighted by Crippen LogP contribution is -2.30. The predicted octanol–water partition coefficient (Wildman–Crippen LogP) is 19.3. The van der Waals surface area contributed by atoms with E-state index in [1.165, 1.54) is 64.2 Å². The second-order valence-corrected chi connectivity index (χ2v) is 18.6. The van der Waals surface area contributed by atoms with Crippen LogP contribution >= 0.6 is 0 Å². The zero-order chi connectivity index (χ0) is 50.7. The van der Waals surface area contributed by atoms with Crippen LogP contribution in [0.5, 0.6) is 0 Å². The van der Waals surface area contributed by atoms with Gasteiger partial charge >= 0.3 is 17.9 Å². The minimum absolute atomic E-state index is 0.103. The number of carbonyl (C=O) groups excluding carboxylic acids is 3. The maximum Gasteiger partial charge on any atom is 0.306 e. The summed E-state index contributed by atoms with van der Waals surface area (Å²) >= 11 is 0. The molecule has 0 bridgehead atoms. The number of ether oxygens (including phenoxy) is 3. The van der Waals surface area contributed by atoms with Crippen LogP contribution in [0.3, 0.4) is 0 Å². The van der Waals surface area contributed by atoms with Gasteiger partial charge in [-0.3, -0.25) is 14.4 Å². The van der Waals surface area contributed by atoms with Crippen molar-refractivity contribution in [2.45, 2.75) is 252 Å². The van der Waals surface area contributed by atoms with Crippen molar-refractivity contribution < 1.29 is 28.6 Å². The highest BCUT2D eigenvalue weighted by molar-refractivity contribution is 5.71. The maximum atomic E-state index is 12.9. The highest BCUT2D eigenvalue weighted by Gasteiger charge is 2.19. The number of allylic oxidation sites excluding steroid dienone is 20. The van der Waals surface area contributed by atoms with Gasteiger partial charge in [-0.2, -0.15) is 0 Å². The van der Waals surface area contributed by atoms with Crippen LogP contribution in [0.2, 0.25) is 0 Å². The Hall–Kier alpha value is -4.19. The molecule has 0 aromatic heterocycles. The molecule has 0 amide bonds. The second kappa shape index (κ2) is 57.4. The molecule has 0 saturated carbocycles. The van der Waals surface area contributed by atoms with Crippen LogP contribution in [0.25, 0.3) is 0 Å². The molecule has 0 aliphatic rings. The summed E-state index contributed by atoms with van der Waals surface area (Å²) in [7, 11) is 0. The van der Waals surface area contributed by atoms with Gasteiger partial charge in [-0.05, 0) is 103 Å². The van der Waals surface area contributed by atoms with Gasteiger partial charge in [-0.1, -0.05) is 245 Å². The van der Waals surface area contributed by atoms with Crippen molar-refractivity contribution in [3.05, 3.63) is 122 Å². The van der Waals surface area contributed by atoms with Crippen LogP contribution in [0.4, 0.5) is 0 Å². The first-order valence-electron chi connectivity index (χ1n) is 28.6. The molecule has 0 spiro atoms. The molecule has 0 fully saturated rings. The molecule has 396 valence electrons. The smallest absolute Gasteiger partial charge is 0.306 e. The molecule has 0 aromatic rings. The summed E-state index contributed by atoms with van der Waals surface area (Å²) in [5, 5.41) is 0. The van der Waals surface area contributed by atoms with E-state index < -0.39 is 6.10 Å². The van der Waals surface area contributed by atoms with E-state index in [1.807, 2.05) is 18.2 Å². The molecular formula is C64H104O6. The van der Waals surface area contributed by atoms with E-state index in [-0.39, 0.29) is 31.1 Å². The molecule has 1 atom stereocenters. The standard InChI is InChI=1S/C64H104O6/c1-4-7-10-13-16-19-22-25-28-30-32-34-36-39-42-45-48-51-54-57-63(66)69-60-61(59-68-62(65)56-53-50-47-44-41-38-35-27-24-21-18-15-12-9-6-3)70-64(67)58-55-52-49-46-43-40-37-33-31-29-26-23-20-17-14-11-8-5-2/h7,9-10,12,15-16,18-19,21,24-25,27-29,31-35,37,61H,4-6,8,11,13-14,17,20,22-23,26,30,36,38-60H2,1-3H3/b10-7-,12-9-,18-15-,19-16-,24-21-,28-25-,31-29-,34-32-,35-27-,37-33-. The van der Waals surface area contributed by atoms with E-state index in [0.717, 1.165) is 141 Å². The number of esters is 3. The minimum atomic E-state index is -0.807. The highest BCUT2D eigenvalue weighted by Crippen LogP contribution is 2.14. The van der Waals surface area contributed by atoms with Crippen LogP contribution in [-0.4, -0.2) is 37.2 Å². The molecule has 6 heteroatoms. The first-order chi connectivity index (χ1) is 34.5. The zero-order valence-corrected chi connectivity index (χ0v) is 45.2. The van der Waals surface area contributed by atoms with Crippen LogP contribution in [0.1, 0.15) is 245 Å². The van der Waals surface area contributed by atoms with Crippen molar-refractivity contribution in [1.82, 2.24) is 0 Å². The Bertz CT molecular complexity index is 1490. The van der Waals surface area contributed by atoms with Gasteiger partial charge in [0.2, 0.25) is 0 Å². The fraction of sp³-hybridized carbons (Fsp3) is 0.641. The second-order valence-electron chi connectivity index (χ2n) is 18.6. The third kappa shape index (κ3) is 54.7. The van der Waals surface area contributed by atoms with Gasteiger partial charge in [0.15, 0.2) is 6.10 Å². The molecule has 0 N–H and O–H groups in total. The maximum absolute atomic E-state index is 12.9. The molecule has 1 unspecified atom stereocenters. The first kappa shape index (κ1) is 65.8. The summed E-state index contributed by atoms with van der Waals surface area (Å²) in [5.74, 6) is -0.956. The van der Waals surface area contributed by atoms with Gasteiger partial charge < -0.3 is 14.2 Å². The predicted molar refractivity (Wildman–Crippen MR) is 302 cm³/mol. The van der Waals surface area contributed by atoms with Gasteiger partial charge in [-0.15, -0.1) is 0 Å². The summed E-state index contributed by atoms with van der Waals surface area (Å²) < 4.78 is 16.8. The van der Waals surface area contributed by atoms with E-state index in [1.54, 1.807) is 0 Å². The third-order valence-corrected chi connectivity index (χ3v) is 11.8. The monoisotopic (exact) mass is 969 g/mol. The molecule has 70 heavy (non-hydrogen) atoms. The van der Waals surface area contributed by atoms with Crippen LogP contribution in [-0.2, 0) is 28.6 Å². The van der Waals surface area contributed by atoms with Gasteiger partial charge in [0.1, 0.15) is 13.2 Å². The third-order valence-electron chi connectivity index (χ3n) is 11.8. The van der Waals surface area contributed by atoms with Crippen molar-refractivity contribution >= 4 is 17.9 Å². The summed E-state index contributed by atoms with van der Waals surface area (Å²) in [6, 6.07) is 0. The van der Waals surface area contributed by atoms with E-state index in [4.69, 9.17) is 14.2 Å². The number of rotatable bonds is 50. The van der Waals surface area contributed by atoms with Crippen molar-refractivity contribution in [1.29, 1.82) is 0 Å². The van der Waals surface area contributed by atoms with E-state index in [2.05, 4.69) is 124 Å². The van der Waals surface area contributed by atoms with Gasteiger partial charge in [-0.25, -0.2) is 0 Å². The average Bonchev–Trinajstić information content (AvgIpc) is 3.36. The van der Waals surface area contributed by atoms with E-state index in [9.17, 15) is 14.4 Å². The number of unbranched alkanes of at least 4 members (excludes halogenated alkanes) is 23.